The molecule has 0 aromatic heterocycles. The summed E-state index contributed by atoms with van der Waals surface area (Å²) in [5, 5.41) is 8.55. The predicted octanol–water partition coefficient (Wildman–Crippen LogP) is 2.62. The highest BCUT2D eigenvalue weighted by Crippen LogP contribution is 2.17. The fraction of sp³-hybridized carbons (Fsp3) is 1.00. The minimum atomic E-state index is 0.0879. The first kappa shape index (κ1) is 15.9. The van der Waals surface area contributed by atoms with Crippen LogP contribution in [-0.2, 0) is 9.47 Å². The normalized spacial score (nSPS) is 15.0. The predicted molar refractivity (Wildman–Crippen MR) is 66.6 cm³/mol. The number of ether oxygens (including phenoxy) is 2. The van der Waals surface area contributed by atoms with Gasteiger partial charge in [-0.2, -0.15) is 0 Å². The molecule has 3 heteroatoms. The van der Waals surface area contributed by atoms with Crippen molar-refractivity contribution in [1.29, 1.82) is 0 Å². The number of hydrogen-bond acceptors (Lipinski definition) is 3. The first-order valence-electron chi connectivity index (χ1n) is 6.56. The largest absolute Gasteiger partial charge is 0.394 e. The summed E-state index contributed by atoms with van der Waals surface area (Å²) < 4.78 is 11.0. The third kappa shape index (κ3) is 8.08. The van der Waals surface area contributed by atoms with Crippen LogP contribution in [0.2, 0.25) is 0 Å². The molecular formula is C13H28O3. The Bertz CT molecular complexity index is 139. The topological polar surface area (TPSA) is 38.7 Å². The van der Waals surface area contributed by atoms with Crippen LogP contribution in [0.5, 0.6) is 0 Å². The van der Waals surface area contributed by atoms with Crippen molar-refractivity contribution < 1.29 is 14.6 Å². The summed E-state index contributed by atoms with van der Waals surface area (Å²) in [5.41, 5.74) is 0. The molecule has 0 aliphatic heterocycles. The zero-order valence-electron chi connectivity index (χ0n) is 11.1. The molecular weight excluding hydrogens is 204 g/mol. The van der Waals surface area contributed by atoms with Gasteiger partial charge >= 0.3 is 0 Å². The molecule has 0 radical (unpaired) electrons. The Balaban J connectivity index is 3.65. The maximum absolute atomic E-state index is 8.55. The third-order valence-corrected chi connectivity index (χ3v) is 2.92. The molecule has 16 heavy (non-hydrogen) atoms. The molecule has 98 valence electrons. The maximum Gasteiger partial charge on any atom is 0.0704 e. The summed E-state index contributed by atoms with van der Waals surface area (Å²) in [6.45, 7) is 8.37. The second-order valence-corrected chi connectivity index (χ2v) is 4.27. The molecule has 0 spiro atoms. The minimum Gasteiger partial charge on any atom is -0.394 e. The number of aliphatic hydroxyl groups is 1. The van der Waals surface area contributed by atoms with Crippen molar-refractivity contribution in [1.82, 2.24) is 0 Å². The molecule has 0 saturated heterocycles. The fourth-order valence-corrected chi connectivity index (χ4v) is 1.63. The molecule has 0 aliphatic rings. The van der Waals surface area contributed by atoms with Crippen molar-refractivity contribution in [3.63, 3.8) is 0 Å². The molecule has 0 bridgehead atoms. The van der Waals surface area contributed by atoms with Crippen molar-refractivity contribution in [2.75, 3.05) is 26.4 Å². The summed E-state index contributed by atoms with van der Waals surface area (Å²) in [6.07, 6.45) is 5.11. The van der Waals surface area contributed by atoms with Crippen LogP contribution in [0.4, 0.5) is 0 Å². The van der Waals surface area contributed by atoms with E-state index < -0.39 is 0 Å². The molecule has 0 saturated carbocycles. The van der Waals surface area contributed by atoms with Crippen molar-refractivity contribution in [2.24, 2.45) is 5.92 Å². The van der Waals surface area contributed by atoms with E-state index in [-0.39, 0.29) is 6.61 Å². The molecule has 0 rings (SSSR count). The van der Waals surface area contributed by atoms with Crippen LogP contribution in [0, 0.1) is 5.92 Å². The Morgan fingerprint density at radius 1 is 1.12 bits per heavy atom. The highest BCUT2D eigenvalue weighted by atomic mass is 16.5. The average molecular weight is 232 g/mol. The van der Waals surface area contributed by atoms with Gasteiger partial charge in [0.05, 0.1) is 32.5 Å². The van der Waals surface area contributed by atoms with E-state index in [0.717, 1.165) is 12.8 Å². The van der Waals surface area contributed by atoms with Gasteiger partial charge < -0.3 is 14.6 Å². The maximum atomic E-state index is 8.55. The molecule has 0 amide bonds. The van der Waals surface area contributed by atoms with Crippen LogP contribution in [0.1, 0.15) is 46.5 Å². The van der Waals surface area contributed by atoms with Gasteiger partial charge in [-0.1, -0.05) is 40.0 Å². The van der Waals surface area contributed by atoms with E-state index in [9.17, 15) is 0 Å². The van der Waals surface area contributed by atoms with E-state index in [0.29, 0.717) is 31.8 Å². The van der Waals surface area contributed by atoms with Gasteiger partial charge in [-0.25, -0.2) is 0 Å². The molecule has 1 N–H and O–H groups in total. The Kier molecular flexibility index (Phi) is 11.3. The average Bonchev–Trinajstić information content (AvgIpc) is 2.31. The van der Waals surface area contributed by atoms with Gasteiger partial charge in [0.1, 0.15) is 0 Å². The van der Waals surface area contributed by atoms with Crippen molar-refractivity contribution in [3.8, 4) is 0 Å². The lowest BCUT2D eigenvalue weighted by Crippen LogP contribution is -2.23. The zero-order valence-corrected chi connectivity index (χ0v) is 11.1. The van der Waals surface area contributed by atoms with Crippen molar-refractivity contribution in [3.05, 3.63) is 0 Å². The van der Waals surface area contributed by atoms with Gasteiger partial charge in [0.25, 0.3) is 0 Å². The van der Waals surface area contributed by atoms with E-state index in [1.54, 1.807) is 0 Å². The SMILES string of the molecule is CCCCC(OCCOCCO)C(C)CC. The van der Waals surface area contributed by atoms with Crippen LogP contribution in [0.3, 0.4) is 0 Å². The quantitative estimate of drug-likeness (QED) is 0.557. The van der Waals surface area contributed by atoms with Gasteiger partial charge in [0.15, 0.2) is 0 Å². The van der Waals surface area contributed by atoms with Gasteiger partial charge in [-0.15, -0.1) is 0 Å². The van der Waals surface area contributed by atoms with E-state index >= 15 is 0 Å². The summed E-state index contributed by atoms with van der Waals surface area (Å²) in [5.74, 6) is 0.615. The Morgan fingerprint density at radius 2 is 1.88 bits per heavy atom. The number of hydrogen-bond donors (Lipinski definition) is 1. The Labute approximate surface area is 100 Å². The van der Waals surface area contributed by atoms with E-state index in [2.05, 4.69) is 20.8 Å². The summed E-state index contributed by atoms with van der Waals surface area (Å²) in [4.78, 5) is 0. The summed E-state index contributed by atoms with van der Waals surface area (Å²) >= 11 is 0. The second kappa shape index (κ2) is 11.4. The van der Waals surface area contributed by atoms with Gasteiger partial charge in [-0.3, -0.25) is 0 Å². The van der Waals surface area contributed by atoms with Crippen LogP contribution in [0.15, 0.2) is 0 Å². The second-order valence-electron chi connectivity index (χ2n) is 4.27. The molecule has 2 atom stereocenters. The van der Waals surface area contributed by atoms with Crippen molar-refractivity contribution in [2.45, 2.75) is 52.6 Å². The summed E-state index contributed by atoms with van der Waals surface area (Å²) in [7, 11) is 0. The minimum absolute atomic E-state index is 0.0879. The monoisotopic (exact) mass is 232 g/mol. The smallest absolute Gasteiger partial charge is 0.0704 e. The van der Waals surface area contributed by atoms with Gasteiger partial charge in [-0.05, 0) is 12.3 Å². The lowest BCUT2D eigenvalue weighted by atomic mass is 9.97. The molecule has 0 aliphatic carbocycles. The van der Waals surface area contributed by atoms with E-state index in [1.807, 2.05) is 0 Å². The van der Waals surface area contributed by atoms with Crippen LogP contribution in [0.25, 0.3) is 0 Å². The van der Waals surface area contributed by atoms with Crippen LogP contribution >= 0.6 is 0 Å². The zero-order chi connectivity index (χ0) is 12.2. The molecule has 0 aromatic carbocycles. The Hall–Kier alpha value is -0.120. The van der Waals surface area contributed by atoms with Gasteiger partial charge in [0, 0.05) is 0 Å². The standard InChI is InChI=1S/C13H28O3/c1-4-6-7-13(12(3)5-2)16-11-10-15-9-8-14/h12-14H,4-11H2,1-3H3. The van der Waals surface area contributed by atoms with E-state index in [1.165, 1.54) is 12.8 Å². The molecule has 0 fully saturated rings. The molecule has 3 nitrogen and oxygen atoms in total. The number of aliphatic hydroxyl groups excluding tert-OH is 1. The van der Waals surface area contributed by atoms with E-state index in [4.69, 9.17) is 14.6 Å². The highest BCUT2D eigenvalue weighted by molar-refractivity contribution is 4.65. The lowest BCUT2D eigenvalue weighted by Gasteiger charge is -2.23. The Morgan fingerprint density at radius 3 is 2.44 bits per heavy atom. The first-order valence-corrected chi connectivity index (χ1v) is 6.56. The lowest BCUT2D eigenvalue weighted by molar-refractivity contribution is -0.0276. The first-order chi connectivity index (χ1) is 7.76. The van der Waals surface area contributed by atoms with Crippen molar-refractivity contribution >= 4 is 0 Å². The fourth-order valence-electron chi connectivity index (χ4n) is 1.63. The van der Waals surface area contributed by atoms with Gasteiger partial charge in [0.2, 0.25) is 0 Å². The third-order valence-electron chi connectivity index (χ3n) is 2.92. The van der Waals surface area contributed by atoms with Crippen LogP contribution < -0.4 is 0 Å². The summed E-state index contributed by atoms with van der Waals surface area (Å²) in [6, 6.07) is 0. The highest BCUT2D eigenvalue weighted by Gasteiger charge is 2.15. The number of unbranched alkanes of at least 4 members (excludes halogenated alkanes) is 1. The number of rotatable bonds is 11. The van der Waals surface area contributed by atoms with Crippen LogP contribution in [-0.4, -0.2) is 37.6 Å². The molecule has 0 aromatic rings. The molecule has 0 heterocycles. The molecule has 2 unspecified atom stereocenters.